The number of nitrogens with one attached hydrogen (secondary N) is 1. The van der Waals surface area contributed by atoms with Crippen molar-refractivity contribution in [2.75, 3.05) is 18.9 Å². The Morgan fingerprint density at radius 3 is 2.72 bits per heavy atom. The molecule has 1 heterocycles. The first-order valence-corrected chi connectivity index (χ1v) is 8.48. The summed E-state index contributed by atoms with van der Waals surface area (Å²) in [4.78, 5) is 9.02. The molecule has 1 aromatic heterocycles. The lowest BCUT2D eigenvalue weighted by atomic mass is 9.85. The molecular weight excluding hydrogens is 314 g/mol. The van der Waals surface area contributed by atoms with Crippen LogP contribution in [-0.4, -0.2) is 35.7 Å². The number of aliphatic imine (C=N–C) groups is 1. The fraction of sp³-hybridized carbons (Fsp3) is 0.316. The molecule has 0 fully saturated rings. The summed E-state index contributed by atoms with van der Waals surface area (Å²) in [7, 11) is 0. The molecule has 25 heavy (non-hydrogen) atoms. The zero-order chi connectivity index (χ0) is 17.8. The van der Waals surface area contributed by atoms with Crippen molar-refractivity contribution < 1.29 is 5.11 Å². The van der Waals surface area contributed by atoms with E-state index in [-0.39, 0.29) is 6.61 Å². The van der Waals surface area contributed by atoms with Crippen LogP contribution in [0, 0.1) is 5.41 Å². The van der Waals surface area contributed by atoms with Crippen molar-refractivity contribution in [2.24, 2.45) is 10.7 Å². The SMILES string of the molecule is N=Cc1c(N)ccc2nc(C(C=NCCO)=CN)c3c(c12)CCCC3. The van der Waals surface area contributed by atoms with E-state index in [4.69, 9.17) is 27.0 Å². The lowest BCUT2D eigenvalue weighted by molar-refractivity contribution is 0.307. The normalized spacial score (nSPS) is 14.8. The molecular formula is C19H23N5O. The van der Waals surface area contributed by atoms with E-state index in [9.17, 15) is 0 Å². The van der Waals surface area contributed by atoms with Crippen LogP contribution in [0.15, 0.2) is 23.3 Å². The quantitative estimate of drug-likeness (QED) is 0.493. The fourth-order valence-corrected chi connectivity index (χ4v) is 3.46. The summed E-state index contributed by atoms with van der Waals surface area (Å²) >= 11 is 0. The Kier molecular flexibility index (Phi) is 5.09. The Morgan fingerprint density at radius 1 is 1.28 bits per heavy atom. The maximum atomic E-state index is 8.93. The number of nitrogens with zero attached hydrogens (tertiary/aromatic N) is 2. The van der Waals surface area contributed by atoms with E-state index in [2.05, 4.69) is 4.99 Å². The molecule has 0 radical (unpaired) electrons. The second kappa shape index (κ2) is 7.44. The van der Waals surface area contributed by atoms with Gasteiger partial charge in [0.05, 0.1) is 24.4 Å². The summed E-state index contributed by atoms with van der Waals surface area (Å²) in [5, 5.41) is 17.7. The number of aliphatic hydroxyl groups excluding tert-OH is 1. The monoisotopic (exact) mass is 337 g/mol. The molecule has 0 bridgehead atoms. The first-order chi connectivity index (χ1) is 12.2. The van der Waals surface area contributed by atoms with E-state index in [1.54, 1.807) is 12.3 Å². The Bertz CT molecular complexity index is 870. The summed E-state index contributed by atoms with van der Waals surface area (Å²) in [5.41, 5.74) is 18.0. The molecule has 130 valence electrons. The molecule has 0 saturated carbocycles. The Labute approximate surface area is 146 Å². The van der Waals surface area contributed by atoms with Crippen molar-refractivity contribution in [3.63, 3.8) is 0 Å². The van der Waals surface area contributed by atoms with Gasteiger partial charge in [0.1, 0.15) is 0 Å². The van der Waals surface area contributed by atoms with Crippen molar-refractivity contribution in [1.29, 1.82) is 5.41 Å². The minimum absolute atomic E-state index is 0.000418. The molecule has 0 saturated heterocycles. The zero-order valence-electron chi connectivity index (χ0n) is 14.1. The van der Waals surface area contributed by atoms with Crippen LogP contribution in [0.1, 0.15) is 35.2 Å². The Hall–Kier alpha value is -2.73. The molecule has 3 rings (SSSR count). The highest BCUT2D eigenvalue weighted by atomic mass is 16.3. The van der Waals surface area contributed by atoms with Gasteiger partial charge < -0.3 is 22.0 Å². The van der Waals surface area contributed by atoms with Crippen molar-refractivity contribution >= 4 is 34.6 Å². The van der Waals surface area contributed by atoms with E-state index in [1.807, 2.05) is 6.07 Å². The van der Waals surface area contributed by atoms with Gasteiger partial charge in [0.2, 0.25) is 0 Å². The predicted octanol–water partition coefficient (Wildman–Crippen LogP) is 2.06. The molecule has 0 spiro atoms. The highest BCUT2D eigenvalue weighted by molar-refractivity contribution is 6.11. The topological polar surface area (TPSA) is 121 Å². The third-order valence-corrected chi connectivity index (χ3v) is 4.60. The molecule has 0 amide bonds. The summed E-state index contributed by atoms with van der Waals surface area (Å²) in [6.07, 6.45) is 8.57. The van der Waals surface area contributed by atoms with Crippen LogP contribution >= 0.6 is 0 Å². The highest BCUT2D eigenvalue weighted by Crippen LogP contribution is 2.35. The number of aromatic nitrogens is 1. The van der Waals surface area contributed by atoms with Crippen LogP contribution < -0.4 is 11.5 Å². The number of aliphatic hydroxyl groups is 1. The first kappa shape index (κ1) is 17.1. The number of fused-ring (bicyclic) bond motifs is 3. The van der Waals surface area contributed by atoms with Gasteiger partial charge in [-0.25, -0.2) is 4.98 Å². The predicted molar refractivity (Wildman–Crippen MR) is 103 cm³/mol. The maximum Gasteiger partial charge on any atom is 0.0774 e. The van der Waals surface area contributed by atoms with Crippen LogP contribution in [0.3, 0.4) is 0 Å². The van der Waals surface area contributed by atoms with Gasteiger partial charge in [0.25, 0.3) is 0 Å². The number of hydrogen-bond donors (Lipinski definition) is 4. The molecule has 2 aromatic rings. The standard InChI is InChI=1S/C19H23N5O/c20-9-12(11-23-7-8-25)19-14-4-2-1-3-13(14)18-15(10-21)16(22)5-6-17(18)24-19/h5-6,9-11,21,25H,1-4,7-8,20,22H2. The number of allylic oxidation sites excluding steroid dienone is 1. The number of rotatable bonds is 5. The van der Waals surface area contributed by atoms with Crippen molar-refractivity contribution in [1.82, 2.24) is 4.98 Å². The van der Waals surface area contributed by atoms with Gasteiger partial charge in [-0.2, -0.15) is 0 Å². The number of nitrogen functional groups attached to an aromatic ring is 1. The first-order valence-electron chi connectivity index (χ1n) is 8.48. The largest absolute Gasteiger partial charge is 0.404 e. The number of nitrogens with two attached hydrogens (primary N) is 2. The van der Waals surface area contributed by atoms with E-state index in [0.29, 0.717) is 12.2 Å². The molecule has 0 atom stereocenters. The average molecular weight is 337 g/mol. The molecule has 6 heteroatoms. The summed E-state index contributed by atoms with van der Waals surface area (Å²) in [6, 6.07) is 3.69. The number of anilines is 1. The molecule has 0 aliphatic heterocycles. The van der Waals surface area contributed by atoms with E-state index < -0.39 is 0 Å². The van der Waals surface area contributed by atoms with E-state index in [0.717, 1.165) is 53.4 Å². The fourth-order valence-electron chi connectivity index (χ4n) is 3.46. The van der Waals surface area contributed by atoms with Crippen LogP contribution in [0.5, 0.6) is 0 Å². The van der Waals surface area contributed by atoms with Crippen molar-refractivity contribution in [2.45, 2.75) is 25.7 Å². The smallest absolute Gasteiger partial charge is 0.0774 e. The van der Waals surface area contributed by atoms with Gasteiger partial charge in [0, 0.05) is 40.8 Å². The lowest BCUT2D eigenvalue weighted by Gasteiger charge is -2.22. The third-order valence-electron chi connectivity index (χ3n) is 4.60. The van der Waals surface area contributed by atoms with Crippen LogP contribution in [0.2, 0.25) is 0 Å². The molecule has 6 nitrogen and oxygen atoms in total. The van der Waals surface area contributed by atoms with Gasteiger partial charge in [0.15, 0.2) is 0 Å². The Morgan fingerprint density at radius 2 is 2.04 bits per heavy atom. The molecule has 1 aromatic carbocycles. The third kappa shape index (κ3) is 3.13. The molecule has 6 N–H and O–H groups in total. The van der Waals surface area contributed by atoms with Crippen LogP contribution in [-0.2, 0) is 12.8 Å². The minimum Gasteiger partial charge on any atom is -0.404 e. The van der Waals surface area contributed by atoms with Gasteiger partial charge >= 0.3 is 0 Å². The molecule has 1 aliphatic carbocycles. The second-order valence-electron chi connectivity index (χ2n) is 6.11. The highest BCUT2D eigenvalue weighted by Gasteiger charge is 2.21. The van der Waals surface area contributed by atoms with Crippen LogP contribution in [0.25, 0.3) is 16.5 Å². The number of aryl methyl sites for hydroxylation is 1. The zero-order valence-corrected chi connectivity index (χ0v) is 14.1. The van der Waals surface area contributed by atoms with E-state index >= 15 is 0 Å². The van der Waals surface area contributed by atoms with Crippen molar-refractivity contribution in [3.05, 3.63) is 40.7 Å². The van der Waals surface area contributed by atoms with Gasteiger partial charge in [-0.15, -0.1) is 0 Å². The van der Waals surface area contributed by atoms with Gasteiger partial charge in [-0.05, 0) is 48.9 Å². The number of pyridine rings is 1. The average Bonchev–Trinajstić information content (AvgIpc) is 2.65. The van der Waals surface area contributed by atoms with Crippen LogP contribution in [0.4, 0.5) is 5.69 Å². The number of benzene rings is 1. The minimum atomic E-state index is -0.000418. The maximum absolute atomic E-state index is 8.93. The Balaban J connectivity index is 2.28. The van der Waals surface area contributed by atoms with Crippen molar-refractivity contribution in [3.8, 4) is 0 Å². The molecule has 0 unspecified atom stereocenters. The number of hydrogen-bond acceptors (Lipinski definition) is 6. The van der Waals surface area contributed by atoms with Gasteiger partial charge in [-0.1, -0.05) is 0 Å². The second-order valence-corrected chi connectivity index (χ2v) is 6.11. The lowest BCUT2D eigenvalue weighted by Crippen LogP contribution is -2.12. The van der Waals surface area contributed by atoms with E-state index in [1.165, 1.54) is 23.5 Å². The van der Waals surface area contributed by atoms with Gasteiger partial charge in [-0.3, -0.25) is 4.99 Å². The summed E-state index contributed by atoms with van der Waals surface area (Å²) in [5.74, 6) is 0. The summed E-state index contributed by atoms with van der Waals surface area (Å²) < 4.78 is 0. The molecule has 1 aliphatic rings. The summed E-state index contributed by atoms with van der Waals surface area (Å²) in [6.45, 7) is 0.334.